The number of carbonyl (C=O) groups is 2. The van der Waals surface area contributed by atoms with E-state index in [0.717, 1.165) is 23.1 Å². The normalized spacial score (nSPS) is 12.6. The molecule has 1 N–H and O–H groups in total. The average molecular weight is 530 g/mol. The lowest BCUT2D eigenvalue weighted by atomic mass is 10.0. The molecule has 0 radical (unpaired) electrons. The Hall–Kier alpha value is -2.87. The van der Waals surface area contributed by atoms with Gasteiger partial charge in [-0.1, -0.05) is 55.8 Å². The number of carbonyl (C=O) groups excluding carboxylic acids is 2. The Morgan fingerprint density at radius 1 is 1.00 bits per heavy atom. The topological polar surface area (TPSA) is 86.8 Å². The highest BCUT2D eigenvalue weighted by atomic mass is 32.2. The number of nitrogens with one attached hydrogen (secondary N) is 1. The van der Waals surface area contributed by atoms with Crippen LogP contribution >= 0.6 is 0 Å². The molecule has 1 atom stereocenters. The second kappa shape index (κ2) is 13.1. The molecule has 2 amide bonds. The van der Waals surface area contributed by atoms with Crippen LogP contribution in [0.2, 0.25) is 0 Å². The number of hydrogen-bond donors (Lipinski definition) is 1. The zero-order chi connectivity index (χ0) is 27.8. The van der Waals surface area contributed by atoms with Crippen molar-refractivity contribution in [1.82, 2.24) is 10.2 Å². The highest BCUT2D eigenvalue weighted by Crippen LogP contribution is 2.21. The number of hydrogen-bond acceptors (Lipinski definition) is 4. The molecular formula is C29H43N3O4S. The second-order valence-electron chi connectivity index (χ2n) is 10.6. The molecule has 0 aromatic heterocycles. The van der Waals surface area contributed by atoms with E-state index < -0.39 is 21.6 Å². The first-order valence-corrected chi connectivity index (χ1v) is 14.8. The fourth-order valence-electron chi connectivity index (χ4n) is 4.28. The zero-order valence-electron chi connectivity index (χ0n) is 23.4. The monoisotopic (exact) mass is 529 g/mol. The maximum absolute atomic E-state index is 13.5. The van der Waals surface area contributed by atoms with Crippen LogP contribution < -0.4 is 9.62 Å². The van der Waals surface area contributed by atoms with Crippen LogP contribution in [0.4, 0.5) is 5.69 Å². The minimum Gasteiger partial charge on any atom is -0.350 e. The van der Waals surface area contributed by atoms with Crippen LogP contribution in [-0.2, 0) is 32.6 Å². The molecule has 1 unspecified atom stereocenters. The van der Waals surface area contributed by atoms with E-state index in [-0.39, 0.29) is 24.8 Å². The van der Waals surface area contributed by atoms with Crippen molar-refractivity contribution in [2.45, 2.75) is 85.4 Å². The quantitative estimate of drug-likeness (QED) is 0.427. The maximum Gasteiger partial charge on any atom is 0.243 e. The van der Waals surface area contributed by atoms with E-state index in [1.165, 1.54) is 10.6 Å². The summed E-state index contributed by atoms with van der Waals surface area (Å²) in [6, 6.07) is 14.7. The van der Waals surface area contributed by atoms with E-state index in [9.17, 15) is 18.0 Å². The van der Waals surface area contributed by atoms with Crippen LogP contribution in [0.3, 0.4) is 0 Å². The Bertz CT molecular complexity index is 1150. The van der Waals surface area contributed by atoms with Crippen molar-refractivity contribution in [3.05, 3.63) is 65.2 Å². The molecule has 0 fully saturated rings. The molecule has 0 heterocycles. The van der Waals surface area contributed by atoms with Crippen molar-refractivity contribution in [1.29, 1.82) is 0 Å². The van der Waals surface area contributed by atoms with Crippen molar-refractivity contribution < 1.29 is 18.0 Å². The average Bonchev–Trinajstić information content (AvgIpc) is 2.80. The largest absolute Gasteiger partial charge is 0.350 e. The summed E-state index contributed by atoms with van der Waals surface area (Å²) in [6.07, 6.45) is 2.98. The maximum atomic E-state index is 13.5. The number of sulfonamides is 1. The lowest BCUT2D eigenvalue weighted by Gasteiger charge is -2.33. The molecule has 0 aliphatic rings. The molecule has 0 spiro atoms. The minimum absolute atomic E-state index is 0.129. The van der Waals surface area contributed by atoms with Crippen molar-refractivity contribution in [3.63, 3.8) is 0 Å². The summed E-state index contributed by atoms with van der Waals surface area (Å²) < 4.78 is 26.4. The SMILES string of the molecule is CCc1ccc(N(CCCC(=O)N(Cc2cccc(C)c2)C(CC)C(=O)NC(C)(C)C)S(C)(=O)=O)cc1. The molecule has 0 saturated heterocycles. The van der Waals surface area contributed by atoms with Crippen LogP contribution in [-0.4, -0.2) is 49.5 Å². The van der Waals surface area contributed by atoms with Crippen LogP contribution in [0, 0.1) is 6.92 Å². The first kappa shape index (κ1) is 30.4. The summed E-state index contributed by atoms with van der Waals surface area (Å²) in [4.78, 5) is 28.3. The van der Waals surface area contributed by atoms with Crippen molar-refractivity contribution >= 4 is 27.5 Å². The second-order valence-corrected chi connectivity index (χ2v) is 12.5. The predicted octanol–water partition coefficient (Wildman–Crippen LogP) is 4.83. The van der Waals surface area contributed by atoms with Gasteiger partial charge in [0.25, 0.3) is 0 Å². The summed E-state index contributed by atoms with van der Waals surface area (Å²) in [7, 11) is -3.52. The smallest absolute Gasteiger partial charge is 0.243 e. The molecule has 0 aliphatic carbocycles. The van der Waals surface area contributed by atoms with Gasteiger partial charge in [0.15, 0.2) is 0 Å². The molecule has 8 heteroatoms. The van der Waals surface area contributed by atoms with Crippen LogP contribution in [0.1, 0.15) is 70.6 Å². The van der Waals surface area contributed by atoms with Crippen LogP contribution in [0.15, 0.2) is 48.5 Å². The lowest BCUT2D eigenvalue weighted by Crippen LogP contribution is -2.53. The van der Waals surface area contributed by atoms with Gasteiger partial charge in [0.05, 0.1) is 11.9 Å². The lowest BCUT2D eigenvalue weighted by molar-refractivity contribution is -0.142. The third kappa shape index (κ3) is 9.50. The van der Waals surface area contributed by atoms with Gasteiger partial charge in [-0.15, -0.1) is 0 Å². The van der Waals surface area contributed by atoms with Crippen molar-refractivity contribution in [2.75, 3.05) is 17.1 Å². The predicted molar refractivity (Wildman–Crippen MR) is 151 cm³/mol. The number of benzene rings is 2. The van der Waals surface area contributed by atoms with E-state index in [0.29, 0.717) is 25.1 Å². The summed E-state index contributed by atoms with van der Waals surface area (Å²) in [5.41, 5.74) is 3.31. The third-order valence-corrected chi connectivity index (χ3v) is 7.30. The molecule has 7 nitrogen and oxygen atoms in total. The minimum atomic E-state index is -3.52. The highest BCUT2D eigenvalue weighted by molar-refractivity contribution is 7.92. The Balaban J connectivity index is 2.23. The Kier molecular flexibility index (Phi) is 10.7. The van der Waals surface area contributed by atoms with Gasteiger partial charge in [-0.25, -0.2) is 8.42 Å². The Labute approximate surface area is 223 Å². The number of nitrogens with zero attached hydrogens (tertiary/aromatic N) is 2. The van der Waals surface area contributed by atoms with Gasteiger partial charge >= 0.3 is 0 Å². The van der Waals surface area contributed by atoms with E-state index in [4.69, 9.17) is 0 Å². The summed E-state index contributed by atoms with van der Waals surface area (Å²) in [6.45, 7) is 12.2. The van der Waals surface area contributed by atoms with E-state index in [1.54, 1.807) is 17.0 Å². The fourth-order valence-corrected chi connectivity index (χ4v) is 5.25. The summed E-state index contributed by atoms with van der Waals surface area (Å²) in [5, 5.41) is 3.01. The fraction of sp³-hybridized carbons (Fsp3) is 0.517. The van der Waals surface area contributed by atoms with Gasteiger partial charge in [-0.2, -0.15) is 0 Å². The first-order chi connectivity index (χ1) is 17.2. The number of amides is 2. The van der Waals surface area contributed by atoms with E-state index in [2.05, 4.69) is 5.32 Å². The zero-order valence-corrected chi connectivity index (χ0v) is 24.2. The van der Waals surface area contributed by atoms with Crippen molar-refractivity contribution in [3.8, 4) is 0 Å². The van der Waals surface area contributed by atoms with Crippen LogP contribution in [0.5, 0.6) is 0 Å². The van der Waals surface area contributed by atoms with Gasteiger partial charge in [0.2, 0.25) is 21.8 Å². The summed E-state index contributed by atoms with van der Waals surface area (Å²) in [5.74, 6) is -0.364. The molecule has 2 rings (SSSR count). The van der Waals surface area contributed by atoms with E-state index in [1.807, 2.05) is 77.9 Å². The van der Waals surface area contributed by atoms with Crippen molar-refractivity contribution in [2.24, 2.45) is 0 Å². The molecule has 204 valence electrons. The highest BCUT2D eigenvalue weighted by Gasteiger charge is 2.30. The van der Waals surface area contributed by atoms with Gasteiger partial charge < -0.3 is 10.2 Å². The Morgan fingerprint density at radius 2 is 1.65 bits per heavy atom. The van der Waals surface area contributed by atoms with Gasteiger partial charge in [-0.3, -0.25) is 13.9 Å². The molecule has 2 aromatic carbocycles. The molecule has 2 aromatic rings. The molecule has 0 saturated carbocycles. The molecule has 0 aliphatic heterocycles. The van der Waals surface area contributed by atoms with Gasteiger partial charge in [0.1, 0.15) is 6.04 Å². The Morgan fingerprint density at radius 3 is 2.16 bits per heavy atom. The van der Waals surface area contributed by atoms with Gasteiger partial charge in [0, 0.05) is 25.0 Å². The molecule has 37 heavy (non-hydrogen) atoms. The first-order valence-electron chi connectivity index (χ1n) is 13.0. The number of aryl methyl sites for hydroxylation is 2. The van der Waals surface area contributed by atoms with Crippen LogP contribution in [0.25, 0.3) is 0 Å². The molecule has 0 bridgehead atoms. The number of anilines is 1. The number of rotatable bonds is 12. The van der Waals surface area contributed by atoms with E-state index >= 15 is 0 Å². The molecular weight excluding hydrogens is 486 g/mol. The standard InChI is InChI=1S/C29H43N3O4S/c1-8-23-15-17-25(18-16-23)32(37(7,35)36)19-11-14-27(33)31(21-24-13-10-12-22(3)20-24)26(9-2)28(34)30-29(4,5)6/h10,12-13,15-18,20,26H,8-9,11,14,19,21H2,1-7H3,(H,30,34). The third-order valence-electron chi connectivity index (χ3n) is 6.10. The van der Waals surface area contributed by atoms with Gasteiger partial charge in [-0.05, 0) is 70.2 Å². The summed E-state index contributed by atoms with van der Waals surface area (Å²) >= 11 is 0.